The molecule has 104 valence electrons. The number of halogens is 1. The molecule has 0 atom stereocenters. The molecule has 0 aliphatic rings. The highest BCUT2D eigenvalue weighted by atomic mass is 35.5. The Morgan fingerprint density at radius 2 is 1.89 bits per heavy atom. The summed E-state index contributed by atoms with van der Waals surface area (Å²) in [6.07, 6.45) is 1.80. The van der Waals surface area contributed by atoms with E-state index in [0.29, 0.717) is 18.0 Å². The van der Waals surface area contributed by atoms with E-state index >= 15 is 0 Å². The third-order valence-electron chi connectivity index (χ3n) is 2.77. The first-order valence-corrected chi connectivity index (χ1v) is 6.84. The molecule has 0 saturated heterocycles. The number of hydrogen-bond donors (Lipinski definition) is 1. The summed E-state index contributed by atoms with van der Waals surface area (Å²) >= 11 is 5.70. The average molecular weight is 283 g/mol. The lowest BCUT2D eigenvalue weighted by Crippen LogP contribution is -2.39. The Bertz CT molecular complexity index is 432. The third-order valence-corrected chi connectivity index (χ3v) is 3.08. The largest absolute Gasteiger partial charge is 0.368 e. The monoisotopic (exact) mass is 282 g/mol. The van der Waals surface area contributed by atoms with Gasteiger partial charge in [0.15, 0.2) is 0 Å². The summed E-state index contributed by atoms with van der Waals surface area (Å²) in [5, 5.41) is 0. The fourth-order valence-electron chi connectivity index (χ4n) is 1.71. The number of alkyl halides is 1. The minimum Gasteiger partial charge on any atom is -0.368 e. The summed E-state index contributed by atoms with van der Waals surface area (Å²) < 4.78 is 0. The van der Waals surface area contributed by atoms with Crippen molar-refractivity contribution in [3.63, 3.8) is 0 Å². The van der Waals surface area contributed by atoms with Crippen molar-refractivity contribution in [1.29, 1.82) is 0 Å². The number of benzene rings is 1. The lowest BCUT2D eigenvalue weighted by atomic mass is 10.1. The van der Waals surface area contributed by atoms with E-state index in [9.17, 15) is 9.59 Å². The SMILES string of the molecule is CCCCN(CC(N)=O)C(=O)c1ccc(CCl)cc1. The maximum atomic E-state index is 12.3. The zero-order valence-electron chi connectivity index (χ0n) is 11.1. The van der Waals surface area contributed by atoms with Crippen LogP contribution >= 0.6 is 11.6 Å². The van der Waals surface area contributed by atoms with E-state index in [1.807, 2.05) is 19.1 Å². The van der Waals surface area contributed by atoms with Crippen molar-refractivity contribution in [2.45, 2.75) is 25.6 Å². The highest BCUT2D eigenvalue weighted by Gasteiger charge is 2.16. The number of carbonyl (C=O) groups is 2. The number of primary amides is 1. The molecule has 0 heterocycles. The van der Waals surface area contributed by atoms with Crippen LogP contribution in [0.5, 0.6) is 0 Å². The Balaban J connectivity index is 2.81. The number of nitrogens with zero attached hydrogens (tertiary/aromatic N) is 1. The van der Waals surface area contributed by atoms with E-state index in [1.54, 1.807) is 12.1 Å². The smallest absolute Gasteiger partial charge is 0.254 e. The number of carbonyl (C=O) groups excluding carboxylic acids is 2. The quantitative estimate of drug-likeness (QED) is 0.779. The van der Waals surface area contributed by atoms with Gasteiger partial charge in [0.25, 0.3) is 5.91 Å². The minimum absolute atomic E-state index is 0.0455. The zero-order valence-corrected chi connectivity index (χ0v) is 11.8. The molecule has 0 aliphatic carbocycles. The Labute approximate surface area is 118 Å². The Morgan fingerprint density at radius 1 is 1.26 bits per heavy atom. The van der Waals surface area contributed by atoms with Crippen LogP contribution in [-0.2, 0) is 10.7 Å². The van der Waals surface area contributed by atoms with Gasteiger partial charge in [-0.25, -0.2) is 0 Å². The summed E-state index contributed by atoms with van der Waals surface area (Å²) in [6, 6.07) is 7.06. The van der Waals surface area contributed by atoms with E-state index in [4.69, 9.17) is 17.3 Å². The number of hydrogen-bond acceptors (Lipinski definition) is 2. The van der Waals surface area contributed by atoms with Crippen molar-refractivity contribution in [3.05, 3.63) is 35.4 Å². The number of unbranched alkanes of at least 4 members (excludes halogenated alkanes) is 1. The van der Waals surface area contributed by atoms with Gasteiger partial charge in [0.2, 0.25) is 5.91 Å². The lowest BCUT2D eigenvalue weighted by molar-refractivity contribution is -0.118. The molecular weight excluding hydrogens is 264 g/mol. The van der Waals surface area contributed by atoms with Crippen LogP contribution in [0.2, 0.25) is 0 Å². The van der Waals surface area contributed by atoms with E-state index in [1.165, 1.54) is 4.90 Å². The van der Waals surface area contributed by atoms with Crippen LogP contribution in [-0.4, -0.2) is 29.8 Å². The molecule has 1 aromatic rings. The third kappa shape index (κ3) is 4.91. The Morgan fingerprint density at radius 3 is 2.37 bits per heavy atom. The normalized spacial score (nSPS) is 10.2. The zero-order chi connectivity index (χ0) is 14.3. The van der Waals surface area contributed by atoms with Gasteiger partial charge in [-0.05, 0) is 24.1 Å². The van der Waals surface area contributed by atoms with Crippen LogP contribution in [0.1, 0.15) is 35.7 Å². The molecule has 19 heavy (non-hydrogen) atoms. The van der Waals surface area contributed by atoms with Gasteiger partial charge in [-0.15, -0.1) is 11.6 Å². The first-order valence-electron chi connectivity index (χ1n) is 6.31. The first kappa shape index (κ1) is 15.5. The number of amides is 2. The summed E-state index contributed by atoms with van der Waals surface area (Å²) in [7, 11) is 0. The Hall–Kier alpha value is -1.55. The number of rotatable bonds is 7. The molecule has 0 unspecified atom stereocenters. The van der Waals surface area contributed by atoms with Crippen molar-refractivity contribution in [2.75, 3.05) is 13.1 Å². The molecule has 0 aromatic heterocycles. The lowest BCUT2D eigenvalue weighted by Gasteiger charge is -2.21. The van der Waals surface area contributed by atoms with Crippen molar-refractivity contribution >= 4 is 23.4 Å². The van der Waals surface area contributed by atoms with Crippen LogP contribution < -0.4 is 5.73 Å². The molecule has 0 bridgehead atoms. The summed E-state index contributed by atoms with van der Waals surface area (Å²) in [6.45, 7) is 2.52. The molecule has 2 N–H and O–H groups in total. The predicted octanol–water partition coefficient (Wildman–Crippen LogP) is 2.15. The van der Waals surface area contributed by atoms with E-state index in [0.717, 1.165) is 18.4 Å². The molecular formula is C14H19ClN2O2. The standard InChI is InChI=1S/C14H19ClN2O2/c1-2-3-8-17(10-13(16)18)14(19)12-6-4-11(9-15)5-7-12/h4-7H,2-3,8-10H2,1H3,(H2,16,18). The topological polar surface area (TPSA) is 63.4 Å². The second kappa shape index (κ2) is 7.79. The summed E-state index contributed by atoms with van der Waals surface area (Å²) in [4.78, 5) is 24.8. The minimum atomic E-state index is -0.498. The van der Waals surface area contributed by atoms with Crippen molar-refractivity contribution in [2.24, 2.45) is 5.73 Å². The Kier molecular flexibility index (Phi) is 6.36. The first-order chi connectivity index (χ1) is 9.08. The fraction of sp³-hybridized carbons (Fsp3) is 0.429. The molecule has 1 rings (SSSR count). The van der Waals surface area contributed by atoms with Gasteiger partial charge < -0.3 is 10.6 Å². The average Bonchev–Trinajstić information content (AvgIpc) is 2.42. The molecule has 0 saturated carbocycles. The van der Waals surface area contributed by atoms with Gasteiger partial charge in [-0.3, -0.25) is 9.59 Å². The van der Waals surface area contributed by atoms with Gasteiger partial charge in [0.1, 0.15) is 0 Å². The van der Waals surface area contributed by atoms with Crippen molar-refractivity contribution in [1.82, 2.24) is 4.90 Å². The second-order valence-electron chi connectivity index (χ2n) is 4.38. The maximum Gasteiger partial charge on any atom is 0.254 e. The second-order valence-corrected chi connectivity index (χ2v) is 4.64. The van der Waals surface area contributed by atoms with Gasteiger partial charge in [0, 0.05) is 18.0 Å². The maximum absolute atomic E-state index is 12.3. The molecule has 0 spiro atoms. The van der Waals surface area contributed by atoms with Crippen LogP contribution in [0.25, 0.3) is 0 Å². The molecule has 1 aromatic carbocycles. The molecule has 5 heteroatoms. The highest BCUT2D eigenvalue weighted by molar-refractivity contribution is 6.17. The van der Waals surface area contributed by atoms with Crippen LogP contribution in [0.3, 0.4) is 0 Å². The van der Waals surface area contributed by atoms with Crippen LogP contribution in [0.4, 0.5) is 0 Å². The van der Waals surface area contributed by atoms with Gasteiger partial charge in [-0.2, -0.15) is 0 Å². The molecule has 2 amide bonds. The van der Waals surface area contributed by atoms with E-state index < -0.39 is 5.91 Å². The van der Waals surface area contributed by atoms with Crippen LogP contribution in [0.15, 0.2) is 24.3 Å². The van der Waals surface area contributed by atoms with Gasteiger partial charge in [-0.1, -0.05) is 25.5 Å². The summed E-state index contributed by atoms with van der Waals surface area (Å²) in [5.41, 5.74) is 6.68. The van der Waals surface area contributed by atoms with Gasteiger partial charge >= 0.3 is 0 Å². The fourth-order valence-corrected chi connectivity index (χ4v) is 1.89. The molecule has 4 nitrogen and oxygen atoms in total. The molecule has 0 aliphatic heterocycles. The van der Waals surface area contributed by atoms with Gasteiger partial charge in [0.05, 0.1) is 6.54 Å². The van der Waals surface area contributed by atoms with E-state index in [2.05, 4.69) is 0 Å². The van der Waals surface area contributed by atoms with Crippen molar-refractivity contribution in [3.8, 4) is 0 Å². The molecule has 0 radical (unpaired) electrons. The van der Waals surface area contributed by atoms with Crippen molar-refractivity contribution < 1.29 is 9.59 Å². The van der Waals surface area contributed by atoms with E-state index in [-0.39, 0.29) is 12.5 Å². The molecule has 0 fully saturated rings. The summed E-state index contributed by atoms with van der Waals surface area (Å²) in [5.74, 6) is -0.259. The van der Waals surface area contributed by atoms with Crippen LogP contribution in [0, 0.1) is 0 Å². The number of nitrogens with two attached hydrogens (primary N) is 1. The highest BCUT2D eigenvalue weighted by Crippen LogP contribution is 2.10. The predicted molar refractivity (Wildman–Crippen MR) is 76.0 cm³/mol.